The molecule has 1 aromatic rings. The molecule has 0 amide bonds. The lowest BCUT2D eigenvalue weighted by Gasteiger charge is -2.30. The van der Waals surface area contributed by atoms with Crippen molar-refractivity contribution < 1.29 is 18.3 Å². The zero-order valence-electron chi connectivity index (χ0n) is 12.2. The zero-order chi connectivity index (χ0) is 15.5. The molecule has 5 nitrogen and oxygen atoms in total. The largest absolute Gasteiger partial charge is 0.480 e. The molecule has 21 heavy (non-hydrogen) atoms. The molecule has 0 aromatic heterocycles. The predicted molar refractivity (Wildman–Crippen MR) is 81.4 cm³/mol. The quantitative estimate of drug-likeness (QED) is 0.923. The van der Waals surface area contributed by atoms with Crippen molar-refractivity contribution in [3.05, 3.63) is 24.3 Å². The number of aliphatic carboxylic acids is 1. The van der Waals surface area contributed by atoms with E-state index in [1.54, 1.807) is 36.1 Å². The van der Waals surface area contributed by atoms with Crippen LogP contribution in [-0.2, 0) is 14.6 Å². The minimum absolute atomic E-state index is 0.00952. The minimum Gasteiger partial charge on any atom is -0.480 e. The Labute approximate surface area is 125 Å². The highest BCUT2D eigenvalue weighted by Crippen LogP contribution is 2.30. The van der Waals surface area contributed by atoms with Gasteiger partial charge >= 0.3 is 5.97 Å². The number of hydrogen-bond donors (Lipinski definition) is 1. The first-order valence-electron chi connectivity index (χ1n) is 7.28. The molecule has 0 saturated carbocycles. The van der Waals surface area contributed by atoms with Gasteiger partial charge in [-0.25, -0.2) is 13.2 Å². The van der Waals surface area contributed by atoms with Crippen LogP contribution in [0.1, 0.15) is 32.6 Å². The van der Waals surface area contributed by atoms with E-state index in [0.29, 0.717) is 18.7 Å². The first-order valence-corrected chi connectivity index (χ1v) is 8.94. The number of rotatable bonds is 4. The molecule has 0 bridgehead atoms. The number of hydrogen-bond acceptors (Lipinski definition) is 4. The molecule has 1 atom stereocenters. The zero-order valence-corrected chi connectivity index (χ0v) is 13.0. The van der Waals surface area contributed by atoms with Gasteiger partial charge in [-0.3, -0.25) is 0 Å². The fourth-order valence-corrected chi connectivity index (χ4v) is 3.87. The maximum Gasteiger partial charge on any atom is 0.326 e. The van der Waals surface area contributed by atoms with E-state index in [-0.39, 0.29) is 10.6 Å². The second-order valence-corrected chi connectivity index (χ2v) is 7.51. The number of nitrogens with zero attached hydrogens (tertiary/aromatic N) is 1. The summed E-state index contributed by atoms with van der Waals surface area (Å²) in [5, 5.41) is 9.45. The molecule has 0 radical (unpaired) electrons. The summed E-state index contributed by atoms with van der Waals surface area (Å²) in [6, 6.07) is 6.07. The van der Waals surface area contributed by atoms with E-state index in [9.17, 15) is 18.3 Å². The number of carboxylic acids is 1. The maximum atomic E-state index is 12.3. The average molecular weight is 311 g/mol. The highest BCUT2D eigenvalue weighted by atomic mass is 32.2. The lowest BCUT2D eigenvalue weighted by atomic mass is 10.1. The van der Waals surface area contributed by atoms with Gasteiger partial charge in [0.1, 0.15) is 6.04 Å². The van der Waals surface area contributed by atoms with E-state index in [1.807, 2.05) is 0 Å². The number of sulfone groups is 1. The third kappa shape index (κ3) is 3.37. The molecule has 6 heteroatoms. The summed E-state index contributed by atoms with van der Waals surface area (Å²) < 4.78 is 24.5. The summed E-state index contributed by atoms with van der Waals surface area (Å²) in [5.41, 5.74) is 0.522. The van der Waals surface area contributed by atoms with Crippen LogP contribution < -0.4 is 4.90 Å². The van der Waals surface area contributed by atoms with Crippen LogP contribution in [0.5, 0.6) is 0 Å². The Hall–Kier alpha value is -1.56. The molecule has 116 valence electrons. The first kappa shape index (κ1) is 15.8. The summed E-state index contributed by atoms with van der Waals surface area (Å²) in [7, 11) is -3.37. The van der Waals surface area contributed by atoms with Gasteiger partial charge in [-0.05, 0) is 25.0 Å². The molecular weight excluding hydrogens is 290 g/mol. The van der Waals surface area contributed by atoms with E-state index >= 15 is 0 Å². The van der Waals surface area contributed by atoms with E-state index in [0.717, 1.165) is 19.3 Å². The van der Waals surface area contributed by atoms with Gasteiger partial charge in [0.05, 0.1) is 16.3 Å². The standard InChI is InChI=1S/C15H21NO4S/c1-2-21(19,20)14-10-6-5-8-12(14)16-11-7-3-4-9-13(16)15(17)18/h5-6,8,10,13H,2-4,7,9,11H2,1H3,(H,17,18). The third-order valence-electron chi connectivity index (χ3n) is 3.93. The van der Waals surface area contributed by atoms with E-state index < -0.39 is 21.8 Å². The third-order valence-corrected chi connectivity index (χ3v) is 5.70. The van der Waals surface area contributed by atoms with Crippen LogP contribution in [0.15, 0.2) is 29.2 Å². The molecule has 0 spiro atoms. The van der Waals surface area contributed by atoms with Crippen LogP contribution in [0.25, 0.3) is 0 Å². The van der Waals surface area contributed by atoms with Crippen molar-refractivity contribution in [1.82, 2.24) is 0 Å². The van der Waals surface area contributed by atoms with Gasteiger partial charge < -0.3 is 10.0 Å². The maximum absolute atomic E-state index is 12.3. The SMILES string of the molecule is CCS(=O)(=O)c1ccccc1N1CCCCCC1C(=O)O. The summed E-state index contributed by atoms with van der Waals surface area (Å²) in [6.45, 7) is 2.18. The topological polar surface area (TPSA) is 74.7 Å². The van der Waals surface area contributed by atoms with Crippen LogP contribution in [0.4, 0.5) is 5.69 Å². The molecule has 1 fully saturated rings. The lowest BCUT2D eigenvalue weighted by Crippen LogP contribution is -2.41. The van der Waals surface area contributed by atoms with Crippen LogP contribution in [0.2, 0.25) is 0 Å². The molecule has 1 aliphatic heterocycles. The number of para-hydroxylation sites is 1. The van der Waals surface area contributed by atoms with Crippen molar-refractivity contribution in [2.75, 3.05) is 17.2 Å². The van der Waals surface area contributed by atoms with Crippen molar-refractivity contribution in [2.24, 2.45) is 0 Å². The number of carboxylic acid groups (broad SMARTS) is 1. The minimum atomic E-state index is -3.37. The van der Waals surface area contributed by atoms with Gasteiger partial charge in [0.2, 0.25) is 0 Å². The van der Waals surface area contributed by atoms with Crippen molar-refractivity contribution in [1.29, 1.82) is 0 Å². The fraction of sp³-hybridized carbons (Fsp3) is 0.533. The van der Waals surface area contributed by atoms with Crippen LogP contribution in [0, 0.1) is 0 Å². The number of benzene rings is 1. The Morgan fingerprint density at radius 1 is 1.29 bits per heavy atom. The van der Waals surface area contributed by atoms with Gasteiger partial charge in [0.15, 0.2) is 9.84 Å². The van der Waals surface area contributed by atoms with Crippen LogP contribution in [-0.4, -0.2) is 37.8 Å². The molecule has 1 unspecified atom stereocenters. The molecule has 2 rings (SSSR count). The molecule has 1 heterocycles. The van der Waals surface area contributed by atoms with Gasteiger partial charge in [0.25, 0.3) is 0 Å². The van der Waals surface area contributed by atoms with E-state index in [1.165, 1.54) is 0 Å². The molecule has 1 saturated heterocycles. The van der Waals surface area contributed by atoms with Crippen molar-refractivity contribution in [3.63, 3.8) is 0 Å². The second kappa shape index (κ2) is 6.47. The average Bonchev–Trinajstić information content (AvgIpc) is 2.73. The van der Waals surface area contributed by atoms with Gasteiger partial charge in [0, 0.05) is 6.54 Å². The number of carbonyl (C=O) groups is 1. The summed E-state index contributed by atoms with van der Waals surface area (Å²) in [4.78, 5) is 13.5. The lowest BCUT2D eigenvalue weighted by molar-refractivity contribution is -0.138. The van der Waals surface area contributed by atoms with Gasteiger partial charge in [-0.15, -0.1) is 0 Å². The summed E-state index contributed by atoms with van der Waals surface area (Å²) >= 11 is 0. The molecular formula is C15H21NO4S. The van der Waals surface area contributed by atoms with Crippen LogP contribution >= 0.6 is 0 Å². The Bertz CT molecular complexity index is 612. The number of anilines is 1. The molecule has 1 N–H and O–H groups in total. The predicted octanol–water partition coefficient (Wildman–Crippen LogP) is 2.31. The summed E-state index contributed by atoms with van der Waals surface area (Å²) in [6.07, 6.45) is 3.26. The normalized spacial score (nSPS) is 20.0. The molecule has 0 aliphatic carbocycles. The van der Waals surface area contributed by atoms with E-state index in [4.69, 9.17) is 0 Å². The van der Waals surface area contributed by atoms with Gasteiger partial charge in [-0.2, -0.15) is 0 Å². The van der Waals surface area contributed by atoms with Crippen molar-refractivity contribution in [3.8, 4) is 0 Å². The van der Waals surface area contributed by atoms with Crippen molar-refractivity contribution in [2.45, 2.75) is 43.5 Å². The summed E-state index contributed by atoms with van der Waals surface area (Å²) in [5.74, 6) is -0.879. The fourth-order valence-electron chi connectivity index (χ4n) is 2.77. The highest BCUT2D eigenvalue weighted by Gasteiger charge is 2.30. The monoisotopic (exact) mass is 311 g/mol. The Kier molecular flexibility index (Phi) is 4.88. The van der Waals surface area contributed by atoms with Gasteiger partial charge in [-0.1, -0.05) is 31.9 Å². The van der Waals surface area contributed by atoms with Crippen molar-refractivity contribution >= 4 is 21.5 Å². The Morgan fingerprint density at radius 2 is 2.00 bits per heavy atom. The van der Waals surface area contributed by atoms with E-state index in [2.05, 4.69) is 0 Å². The molecule has 1 aromatic carbocycles. The molecule has 1 aliphatic rings. The Balaban J connectivity index is 2.50. The second-order valence-electron chi connectivity index (χ2n) is 5.27. The highest BCUT2D eigenvalue weighted by molar-refractivity contribution is 7.91. The van der Waals surface area contributed by atoms with Crippen LogP contribution in [0.3, 0.4) is 0 Å². The smallest absolute Gasteiger partial charge is 0.326 e. The Morgan fingerprint density at radius 3 is 2.67 bits per heavy atom. The first-order chi connectivity index (χ1) is 9.97.